The molecule has 0 spiro atoms. The van der Waals surface area contributed by atoms with Gasteiger partial charge >= 0.3 is 11.9 Å². The van der Waals surface area contributed by atoms with E-state index in [2.05, 4.69) is 36.6 Å². The van der Waals surface area contributed by atoms with E-state index in [1.165, 1.54) is 43.0 Å². The third-order valence-electron chi connectivity index (χ3n) is 6.56. The van der Waals surface area contributed by atoms with E-state index in [0.29, 0.717) is 67.5 Å². The van der Waals surface area contributed by atoms with E-state index in [0.717, 1.165) is 11.1 Å². The zero-order valence-electron chi connectivity index (χ0n) is 24.6. The average Bonchev–Trinajstić information content (AvgIpc) is 3.83. The Morgan fingerprint density at radius 1 is 0.830 bits per heavy atom. The van der Waals surface area contributed by atoms with E-state index >= 15 is 0 Å². The van der Waals surface area contributed by atoms with Crippen molar-refractivity contribution in [1.82, 2.24) is 0 Å². The predicted octanol–water partition coefficient (Wildman–Crippen LogP) is 6.63. The number of esters is 2. The Morgan fingerprint density at radius 3 is 1.83 bits per heavy atom. The van der Waals surface area contributed by atoms with Gasteiger partial charge in [-0.3, -0.25) is 0 Å². The van der Waals surface area contributed by atoms with Crippen LogP contribution >= 0.6 is 65.2 Å². The number of methoxy groups -OCH3 is 2. The van der Waals surface area contributed by atoms with Crippen LogP contribution in [0.2, 0.25) is 0 Å². The number of nitrogens with two attached hydrogens (primary N) is 1. The second-order valence-electron chi connectivity index (χ2n) is 9.64. The number of sulfone groups is 1. The zero-order chi connectivity index (χ0) is 34.5. The highest BCUT2D eigenvalue weighted by Gasteiger charge is 2.29. The van der Waals surface area contributed by atoms with E-state index in [1.54, 1.807) is 29.0 Å². The van der Waals surface area contributed by atoms with Gasteiger partial charge in [0, 0.05) is 38.0 Å². The van der Waals surface area contributed by atoms with Gasteiger partial charge in [-0.2, -0.15) is 0 Å². The van der Waals surface area contributed by atoms with Crippen LogP contribution in [-0.2, 0) is 47.0 Å². The number of anilines is 1. The van der Waals surface area contributed by atoms with Gasteiger partial charge in [-0.25, -0.2) is 26.4 Å². The van der Waals surface area contributed by atoms with Crippen molar-refractivity contribution in [2.75, 3.05) is 33.2 Å². The third-order valence-corrected chi connectivity index (χ3v) is 12.3. The molecular formula is C29H26Br2ClNO10S4. The molecule has 2 aliphatic heterocycles. The van der Waals surface area contributed by atoms with Gasteiger partial charge < -0.3 is 24.7 Å². The van der Waals surface area contributed by atoms with Crippen LogP contribution in [0.25, 0.3) is 0 Å². The molecule has 47 heavy (non-hydrogen) atoms. The first-order valence-corrected chi connectivity index (χ1v) is 20.6. The van der Waals surface area contributed by atoms with Crippen molar-refractivity contribution < 1.29 is 45.4 Å². The predicted molar refractivity (Wildman–Crippen MR) is 186 cm³/mol. The topological polar surface area (TPSA) is 165 Å². The van der Waals surface area contributed by atoms with Crippen LogP contribution in [0.3, 0.4) is 0 Å². The number of benzene rings is 2. The minimum atomic E-state index is -3.73. The highest BCUT2D eigenvalue weighted by molar-refractivity contribution is 9.10. The quantitative estimate of drug-likeness (QED) is 0.163. The number of rotatable bonds is 6. The molecule has 252 valence electrons. The molecule has 0 bridgehead atoms. The summed E-state index contributed by atoms with van der Waals surface area (Å²) >= 11 is 9.02. The third kappa shape index (κ3) is 9.07. The number of halogens is 3. The van der Waals surface area contributed by atoms with Crippen LogP contribution in [0.15, 0.2) is 65.9 Å². The first-order chi connectivity index (χ1) is 22.2. The second-order valence-corrected chi connectivity index (χ2v) is 17.8. The smallest absolute Gasteiger partial charge is 0.350 e. The molecule has 4 heterocycles. The van der Waals surface area contributed by atoms with E-state index in [9.17, 15) is 26.4 Å². The monoisotopic (exact) mass is 869 g/mol. The second kappa shape index (κ2) is 15.7. The summed E-state index contributed by atoms with van der Waals surface area (Å²) in [6.45, 7) is 0.978. The zero-order valence-corrected chi connectivity index (χ0v) is 31.8. The number of carbonyl (C=O) groups excluding carboxylic acids is 2. The lowest BCUT2D eigenvalue weighted by Gasteiger charge is -2.10. The molecule has 0 fully saturated rings. The largest absolute Gasteiger partial charge is 0.492 e. The molecule has 2 N–H and O–H groups in total. The summed E-state index contributed by atoms with van der Waals surface area (Å²) < 4.78 is 69.3. The van der Waals surface area contributed by atoms with Crippen LogP contribution in [0.5, 0.6) is 11.5 Å². The molecule has 0 unspecified atom stereocenters. The molecule has 6 rings (SSSR count). The van der Waals surface area contributed by atoms with Gasteiger partial charge in [-0.05, 0) is 58.3 Å². The molecule has 2 aliphatic rings. The minimum absolute atomic E-state index is 0.0426. The minimum Gasteiger partial charge on any atom is -0.492 e. The molecular weight excluding hydrogens is 846 g/mol. The lowest BCUT2D eigenvalue weighted by molar-refractivity contribution is 0.0597. The Labute approximate surface area is 300 Å². The van der Waals surface area contributed by atoms with Crippen molar-refractivity contribution in [3.8, 4) is 11.5 Å². The number of nitrogen functional groups attached to an aromatic ring is 1. The van der Waals surface area contributed by atoms with Crippen LogP contribution in [0.1, 0.15) is 36.0 Å². The van der Waals surface area contributed by atoms with Gasteiger partial charge in [0.05, 0.1) is 38.9 Å². The molecule has 2 aromatic heterocycles. The first-order valence-electron chi connectivity index (χ1n) is 13.3. The average molecular weight is 872 g/mol. The maximum Gasteiger partial charge on any atom is 0.350 e. The fourth-order valence-corrected chi connectivity index (χ4v) is 10.1. The molecule has 0 saturated carbocycles. The summed E-state index contributed by atoms with van der Waals surface area (Å²) in [5, 5.41) is 3.43. The number of hydrogen-bond donors (Lipinski definition) is 1. The van der Waals surface area contributed by atoms with Gasteiger partial charge in [-0.15, -0.1) is 22.7 Å². The number of thiophene rings is 2. The summed E-state index contributed by atoms with van der Waals surface area (Å²) in [6, 6.07) is 10.0. The fourth-order valence-electron chi connectivity index (χ4n) is 4.46. The summed E-state index contributed by atoms with van der Waals surface area (Å²) in [5.74, 6) is -0.354. The van der Waals surface area contributed by atoms with Crippen LogP contribution in [-0.4, -0.2) is 56.2 Å². The highest BCUT2D eigenvalue weighted by Crippen LogP contribution is 2.38. The van der Waals surface area contributed by atoms with Crippen molar-refractivity contribution >= 4 is 102 Å². The lowest BCUT2D eigenvalue weighted by Crippen LogP contribution is -2.10. The first kappa shape index (κ1) is 37.2. The maximum atomic E-state index is 12.8. The highest BCUT2D eigenvalue weighted by atomic mass is 79.9. The Balaban J connectivity index is 0.000000177. The van der Waals surface area contributed by atoms with Crippen molar-refractivity contribution in [3.63, 3.8) is 0 Å². The molecule has 2 aromatic carbocycles. The molecule has 18 heteroatoms. The summed E-state index contributed by atoms with van der Waals surface area (Å²) in [5.41, 5.74) is 8.09. The van der Waals surface area contributed by atoms with E-state index in [-0.39, 0.29) is 21.5 Å². The number of carbonyl (C=O) groups is 2. The van der Waals surface area contributed by atoms with E-state index < -0.39 is 24.9 Å². The van der Waals surface area contributed by atoms with Crippen molar-refractivity contribution in [2.24, 2.45) is 0 Å². The van der Waals surface area contributed by atoms with Gasteiger partial charge in [0.2, 0.25) is 0 Å². The number of hydrogen-bond acceptors (Lipinski definition) is 13. The number of ether oxygens (including phenoxy) is 4. The van der Waals surface area contributed by atoms with Crippen molar-refractivity contribution in [1.29, 1.82) is 0 Å². The Bertz CT molecular complexity index is 2030. The Kier molecular flexibility index (Phi) is 12.4. The van der Waals surface area contributed by atoms with Gasteiger partial charge in [0.15, 0.2) is 9.84 Å². The molecule has 0 amide bonds. The summed E-state index contributed by atoms with van der Waals surface area (Å²) in [6.07, 6.45) is 1.40. The molecule has 0 saturated heterocycles. The molecule has 0 aliphatic carbocycles. The van der Waals surface area contributed by atoms with Crippen LogP contribution in [0.4, 0.5) is 5.69 Å². The number of fused-ring (bicyclic) bond motifs is 2. The van der Waals surface area contributed by atoms with Crippen molar-refractivity contribution in [3.05, 3.63) is 82.5 Å². The molecule has 11 nitrogen and oxygen atoms in total. The summed E-state index contributed by atoms with van der Waals surface area (Å²) in [4.78, 5) is 23.5. The lowest BCUT2D eigenvalue weighted by atomic mass is 10.2. The van der Waals surface area contributed by atoms with Gasteiger partial charge in [0.25, 0.3) is 9.05 Å². The van der Waals surface area contributed by atoms with Crippen LogP contribution < -0.4 is 15.2 Å². The normalized spacial score (nSPS) is 13.0. The van der Waals surface area contributed by atoms with Crippen molar-refractivity contribution in [2.45, 2.75) is 28.4 Å². The van der Waals surface area contributed by atoms with Crippen LogP contribution in [0, 0.1) is 0 Å². The SMILES string of the molecule is COC(=O)c1sccc1CS(=O)(=O)c1cc(Br)cc2c1OCC2.COC(=O)c1sccc1N.O=S(=O)(Cl)c1cc(Br)cc2c1OCC2. The standard InChI is InChI=1S/C15H13BrO5S2.C8H6BrClO3S.C6H7NO2S/c1-20-15(17)14-10(3-5-22-14)8-23(18,19)12-7-11(16)6-9-2-4-21-13(9)12;9-6-3-5-1-2-13-8(5)7(4-6)14(10,11)12;1-9-6(8)5-4(7)2-3-10-5/h3,5-7H,2,4,8H2,1H3;3-4H,1-2H2;2-3H,7H2,1H3. The molecule has 0 radical (unpaired) electrons. The molecule has 0 atom stereocenters. The van der Waals surface area contributed by atoms with E-state index in [1.807, 2.05) is 12.1 Å². The Hall–Kier alpha value is -2.67. The molecule has 4 aromatic rings. The summed E-state index contributed by atoms with van der Waals surface area (Å²) in [7, 11) is 0.509. The Morgan fingerprint density at radius 2 is 1.32 bits per heavy atom. The maximum absolute atomic E-state index is 12.8. The van der Waals surface area contributed by atoms with E-state index in [4.69, 9.17) is 30.6 Å². The van der Waals surface area contributed by atoms with Gasteiger partial charge in [0.1, 0.15) is 31.0 Å². The fraction of sp³-hybridized carbons (Fsp3) is 0.241. The van der Waals surface area contributed by atoms with Gasteiger partial charge in [-0.1, -0.05) is 31.9 Å².